The van der Waals surface area contributed by atoms with Crippen LogP contribution in [-0.2, 0) is 4.79 Å². The average Bonchev–Trinajstić information content (AvgIpc) is 3.43. The van der Waals surface area contributed by atoms with Crippen LogP contribution in [0.1, 0.15) is 31.4 Å². The number of carbonyl (C=O) groups excluding carboxylic acids is 1. The zero-order valence-corrected chi connectivity index (χ0v) is 14.5. The molecule has 1 atom stereocenters. The lowest BCUT2D eigenvalue weighted by Crippen LogP contribution is -2.55. The van der Waals surface area contributed by atoms with Crippen molar-refractivity contribution in [3.63, 3.8) is 0 Å². The van der Waals surface area contributed by atoms with E-state index in [4.69, 9.17) is 0 Å². The molecule has 2 N–H and O–H groups in total. The summed E-state index contributed by atoms with van der Waals surface area (Å²) in [5.41, 5.74) is 0.495. The number of guanidine groups is 1. The molecule has 2 fully saturated rings. The van der Waals surface area contributed by atoms with Crippen molar-refractivity contribution in [3.05, 3.63) is 35.6 Å². The molecule has 0 aromatic heterocycles. The molecule has 1 amide bonds. The lowest BCUT2D eigenvalue weighted by atomic mass is 10.1. The fourth-order valence-electron chi connectivity index (χ4n) is 3.06. The number of rotatable bonds is 5. The van der Waals surface area contributed by atoms with Gasteiger partial charge in [0.15, 0.2) is 5.96 Å². The van der Waals surface area contributed by atoms with E-state index in [2.05, 4.69) is 10.3 Å². The monoisotopic (exact) mass is 348 g/mol. The number of aliphatic imine (C=N–C) groups is 1. The summed E-state index contributed by atoms with van der Waals surface area (Å²) in [6.45, 7) is 4.48. The third-order valence-electron chi connectivity index (χ3n) is 4.53. The highest BCUT2D eigenvalue weighted by Crippen LogP contribution is 2.28. The van der Waals surface area contributed by atoms with Crippen molar-refractivity contribution in [2.24, 2.45) is 4.99 Å². The Hall–Kier alpha value is -2.15. The third-order valence-corrected chi connectivity index (χ3v) is 4.53. The molecule has 0 radical (unpaired) electrons. The van der Waals surface area contributed by atoms with Crippen molar-refractivity contribution in [2.75, 3.05) is 32.7 Å². The summed E-state index contributed by atoms with van der Waals surface area (Å²) < 4.78 is 13.3. The molecule has 1 unspecified atom stereocenters. The van der Waals surface area contributed by atoms with Gasteiger partial charge in [-0.2, -0.15) is 0 Å². The number of aliphatic hydroxyl groups excluding tert-OH is 1. The van der Waals surface area contributed by atoms with E-state index < -0.39 is 6.10 Å². The van der Waals surface area contributed by atoms with Gasteiger partial charge in [0.1, 0.15) is 5.82 Å². The topological polar surface area (TPSA) is 68.2 Å². The van der Waals surface area contributed by atoms with Crippen LogP contribution < -0.4 is 5.32 Å². The molecule has 25 heavy (non-hydrogen) atoms. The van der Waals surface area contributed by atoms with Gasteiger partial charge >= 0.3 is 0 Å². The Morgan fingerprint density at radius 1 is 1.44 bits per heavy atom. The van der Waals surface area contributed by atoms with Gasteiger partial charge in [-0.15, -0.1) is 0 Å². The Kier molecular flexibility index (Phi) is 5.53. The molecule has 1 saturated heterocycles. The van der Waals surface area contributed by atoms with Gasteiger partial charge in [0.05, 0.1) is 19.2 Å². The maximum Gasteiger partial charge on any atom is 0.242 e. The molecule has 7 heteroatoms. The van der Waals surface area contributed by atoms with Gasteiger partial charge in [0.2, 0.25) is 5.91 Å². The van der Waals surface area contributed by atoms with Gasteiger partial charge < -0.3 is 20.2 Å². The zero-order chi connectivity index (χ0) is 17.8. The second-order valence-corrected chi connectivity index (χ2v) is 6.51. The van der Waals surface area contributed by atoms with Gasteiger partial charge in [-0.1, -0.05) is 12.1 Å². The Balaban J connectivity index is 1.63. The number of benzene rings is 1. The van der Waals surface area contributed by atoms with Crippen LogP contribution in [0, 0.1) is 5.82 Å². The van der Waals surface area contributed by atoms with E-state index in [9.17, 15) is 14.3 Å². The van der Waals surface area contributed by atoms with Crippen molar-refractivity contribution in [3.8, 4) is 0 Å². The number of aliphatic hydroxyl groups is 1. The molecule has 3 rings (SSSR count). The van der Waals surface area contributed by atoms with E-state index >= 15 is 0 Å². The van der Waals surface area contributed by atoms with Crippen LogP contribution >= 0.6 is 0 Å². The van der Waals surface area contributed by atoms with Crippen molar-refractivity contribution in [1.82, 2.24) is 15.1 Å². The number of piperazine rings is 1. The van der Waals surface area contributed by atoms with Crippen LogP contribution in [0.4, 0.5) is 4.39 Å². The van der Waals surface area contributed by atoms with E-state index in [0.29, 0.717) is 37.2 Å². The fourth-order valence-corrected chi connectivity index (χ4v) is 3.06. The second-order valence-electron chi connectivity index (χ2n) is 6.51. The maximum atomic E-state index is 13.3. The minimum absolute atomic E-state index is 0.114. The maximum absolute atomic E-state index is 13.3. The Bertz CT molecular complexity index is 648. The summed E-state index contributed by atoms with van der Waals surface area (Å²) in [5, 5.41) is 13.4. The zero-order valence-electron chi connectivity index (χ0n) is 14.5. The third kappa shape index (κ3) is 4.48. The molecule has 0 bridgehead atoms. The summed E-state index contributed by atoms with van der Waals surface area (Å²) in [6.07, 6.45) is 1.34. The largest absolute Gasteiger partial charge is 0.386 e. The SMILES string of the molecule is CCNC(=NCC(O)c1cccc(F)c1)N1CCN(C2CC2)C(=O)C1. The summed E-state index contributed by atoms with van der Waals surface area (Å²) in [4.78, 5) is 20.6. The predicted octanol–water partition coefficient (Wildman–Crippen LogP) is 1.13. The van der Waals surface area contributed by atoms with Gasteiger partial charge in [-0.25, -0.2) is 4.39 Å². The highest BCUT2D eigenvalue weighted by molar-refractivity contribution is 5.88. The number of amides is 1. The number of nitrogens with one attached hydrogen (secondary N) is 1. The Labute approximate surface area is 147 Å². The highest BCUT2D eigenvalue weighted by Gasteiger charge is 2.36. The number of carbonyl (C=O) groups is 1. The Morgan fingerprint density at radius 2 is 2.24 bits per heavy atom. The normalized spacial score (nSPS) is 20.0. The summed E-state index contributed by atoms with van der Waals surface area (Å²) >= 11 is 0. The minimum atomic E-state index is -0.882. The van der Waals surface area contributed by atoms with E-state index in [1.807, 2.05) is 16.7 Å². The molecule has 136 valence electrons. The Morgan fingerprint density at radius 3 is 2.88 bits per heavy atom. The summed E-state index contributed by atoms with van der Waals surface area (Å²) in [5.74, 6) is 0.362. The highest BCUT2D eigenvalue weighted by atomic mass is 19.1. The molecule has 1 saturated carbocycles. The fraction of sp³-hybridized carbons (Fsp3) is 0.556. The van der Waals surface area contributed by atoms with Crippen LogP contribution in [0.15, 0.2) is 29.3 Å². The number of hydrogen-bond donors (Lipinski definition) is 2. The van der Waals surface area contributed by atoms with Crippen LogP contribution in [0.3, 0.4) is 0 Å². The summed E-state index contributed by atoms with van der Waals surface area (Å²) in [6, 6.07) is 6.33. The number of nitrogens with zero attached hydrogens (tertiary/aromatic N) is 3. The van der Waals surface area contributed by atoms with E-state index in [-0.39, 0.29) is 18.3 Å². The average molecular weight is 348 g/mol. The molecule has 0 spiro atoms. The molecular formula is C18H25FN4O2. The molecular weight excluding hydrogens is 323 g/mol. The van der Waals surface area contributed by atoms with Crippen molar-refractivity contribution >= 4 is 11.9 Å². The molecule has 6 nitrogen and oxygen atoms in total. The van der Waals surface area contributed by atoms with Crippen molar-refractivity contribution in [2.45, 2.75) is 31.9 Å². The number of halogens is 1. The molecule has 1 aliphatic heterocycles. The lowest BCUT2D eigenvalue weighted by Gasteiger charge is -2.36. The molecule has 1 aliphatic carbocycles. The quantitative estimate of drug-likeness (QED) is 0.618. The second kappa shape index (κ2) is 7.82. The van der Waals surface area contributed by atoms with Crippen molar-refractivity contribution in [1.29, 1.82) is 0 Å². The van der Waals surface area contributed by atoms with Crippen LogP contribution in [0.25, 0.3) is 0 Å². The first-order valence-electron chi connectivity index (χ1n) is 8.84. The van der Waals surface area contributed by atoms with Crippen molar-refractivity contribution < 1.29 is 14.3 Å². The van der Waals surface area contributed by atoms with Gasteiger partial charge in [0.25, 0.3) is 0 Å². The van der Waals surface area contributed by atoms with E-state index in [1.54, 1.807) is 12.1 Å². The predicted molar refractivity (Wildman–Crippen MR) is 93.6 cm³/mol. The first-order chi connectivity index (χ1) is 12.1. The minimum Gasteiger partial charge on any atom is -0.386 e. The molecule has 1 heterocycles. The summed E-state index contributed by atoms with van der Waals surface area (Å²) in [7, 11) is 0. The van der Waals surface area contributed by atoms with Gasteiger partial charge in [-0.3, -0.25) is 9.79 Å². The lowest BCUT2D eigenvalue weighted by molar-refractivity contribution is -0.135. The number of hydrogen-bond acceptors (Lipinski definition) is 3. The van der Waals surface area contributed by atoms with Gasteiger partial charge in [-0.05, 0) is 37.5 Å². The van der Waals surface area contributed by atoms with Crippen LogP contribution in [0.5, 0.6) is 0 Å². The molecule has 2 aliphatic rings. The standard InChI is InChI=1S/C18H25FN4O2/c1-2-20-18(21-11-16(24)13-4-3-5-14(19)10-13)22-8-9-23(15-6-7-15)17(25)12-22/h3-5,10,15-16,24H,2,6-9,11-12H2,1H3,(H,20,21). The van der Waals surface area contributed by atoms with Crippen LogP contribution in [0.2, 0.25) is 0 Å². The molecule has 1 aromatic rings. The first-order valence-corrected chi connectivity index (χ1v) is 8.84. The van der Waals surface area contributed by atoms with Gasteiger partial charge in [0, 0.05) is 25.7 Å². The van der Waals surface area contributed by atoms with Crippen LogP contribution in [-0.4, -0.2) is 65.5 Å². The molecule has 1 aromatic carbocycles. The van der Waals surface area contributed by atoms with E-state index in [0.717, 1.165) is 19.4 Å². The van der Waals surface area contributed by atoms with E-state index in [1.165, 1.54) is 12.1 Å². The smallest absolute Gasteiger partial charge is 0.242 e. The first kappa shape index (κ1) is 17.7.